The lowest BCUT2D eigenvalue weighted by Gasteiger charge is -2.24. The largest absolute Gasteiger partial charge is 0.444 e. The van der Waals surface area contributed by atoms with Crippen molar-refractivity contribution in [2.24, 2.45) is 0 Å². The minimum Gasteiger partial charge on any atom is -0.444 e. The summed E-state index contributed by atoms with van der Waals surface area (Å²) in [5.74, 6) is 0.675. The standard InChI is InChI=1S/C13H18Br2N4O2/c1-13(2,3)21-12(20)19-5-4-8(7-19)17-11-10(15)18-9(14)6-16-11/h6,8H,4-5,7H2,1-3H3,(H,16,17). The fourth-order valence-corrected chi connectivity index (χ4v) is 2.93. The second-order valence-corrected chi connectivity index (χ2v) is 7.45. The third-order valence-electron chi connectivity index (χ3n) is 2.88. The summed E-state index contributed by atoms with van der Waals surface area (Å²) in [4.78, 5) is 22.2. The molecule has 0 spiro atoms. The maximum atomic E-state index is 12.0. The Kier molecular flexibility index (Phi) is 5.08. The van der Waals surface area contributed by atoms with Gasteiger partial charge in [0.2, 0.25) is 0 Å². The first-order valence-electron chi connectivity index (χ1n) is 6.67. The highest BCUT2D eigenvalue weighted by atomic mass is 79.9. The molecule has 1 fully saturated rings. The summed E-state index contributed by atoms with van der Waals surface area (Å²) in [5, 5.41) is 3.29. The van der Waals surface area contributed by atoms with Crippen molar-refractivity contribution in [3.63, 3.8) is 0 Å². The van der Waals surface area contributed by atoms with Gasteiger partial charge in [0.25, 0.3) is 0 Å². The van der Waals surface area contributed by atoms with Gasteiger partial charge in [0.15, 0.2) is 5.82 Å². The van der Waals surface area contributed by atoms with Gasteiger partial charge in [-0.05, 0) is 59.1 Å². The van der Waals surface area contributed by atoms with Crippen molar-refractivity contribution < 1.29 is 9.53 Å². The number of hydrogen-bond donors (Lipinski definition) is 1. The van der Waals surface area contributed by atoms with Crippen LogP contribution in [0.3, 0.4) is 0 Å². The van der Waals surface area contributed by atoms with Gasteiger partial charge in [0, 0.05) is 19.1 Å². The van der Waals surface area contributed by atoms with Crippen LogP contribution in [0.4, 0.5) is 10.6 Å². The molecule has 1 aromatic rings. The summed E-state index contributed by atoms with van der Waals surface area (Å²) in [7, 11) is 0. The maximum absolute atomic E-state index is 12.0. The molecule has 1 unspecified atom stereocenters. The number of ether oxygens (including phenoxy) is 1. The molecule has 1 saturated heterocycles. The molecule has 6 nitrogen and oxygen atoms in total. The van der Waals surface area contributed by atoms with E-state index in [9.17, 15) is 4.79 Å². The Morgan fingerprint density at radius 1 is 1.48 bits per heavy atom. The highest BCUT2D eigenvalue weighted by molar-refractivity contribution is 9.11. The van der Waals surface area contributed by atoms with Crippen LogP contribution in [0.15, 0.2) is 15.4 Å². The number of amides is 1. The fraction of sp³-hybridized carbons (Fsp3) is 0.615. The molecule has 0 aliphatic carbocycles. The van der Waals surface area contributed by atoms with E-state index in [1.165, 1.54) is 0 Å². The fourth-order valence-electron chi connectivity index (χ4n) is 2.01. The Bertz CT molecular complexity index is 533. The van der Waals surface area contributed by atoms with Crippen LogP contribution in [0.5, 0.6) is 0 Å². The monoisotopic (exact) mass is 420 g/mol. The molecule has 1 amide bonds. The average molecular weight is 422 g/mol. The number of rotatable bonds is 2. The minimum atomic E-state index is -0.469. The predicted molar refractivity (Wildman–Crippen MR) is 87.3 cm³/mol. The topological polar surface area (TPSA) is 67.3 Å². The summed E-state index contributed by atoms with van der Waals surface area (Å²) in [5.41, 5.74) is -0.469. The Morgan fingerprint density at radius 2 is 2.19 bits per heavy atom. The molecule has 0 saturated carbocycles. The highest BCUT2D eigenvalue weighted by Crippen LogP contribution is 2.23. The zero-order valence-electron chi connectivity index (χ0n) is 12.2. The van der Waals surface area contributed by atoms with Crippen LogP contribution in [0.25, 0.3) is 0 Å². The average Bonchev–Trinajstić information content (AvgIpc) is 2.79. The molecule has 1 aromatic heterocycles. The van der Waals surface area contributed by atoms with Crippen molar-refractivity contribution in [1.29, 1.82) is 0 Å². The molecule has 1 atom stereocenters. The van der Waals surface area contributed by atoms with Crippen LogP contribution in [0.2, 0.25) is 0 Å². The number of halogens is 2. The molecule has 116 valence electrons. The molecule has 1 aliphatic rings. The lowest BCUT2D eigenvalue weighted by atomic mass is 10.2. The number of hydrogen-bond acceptors (Lipinski definition) is 5. The predicted octanol–water partition coefficient (Wildman–Crippen LogP) is 3.42. The second-order valence-electron chi connectivity index (χ2n) is 5.89. The van der Waals surface area contributed by atoms with E-state index in [0.29, 0.717) is 28.1 Å². The number of carbonyl (C=O) groups is 1. The van der Waals surface area contributed by atoms with Gasteiger partial charge in [-0.25, -0.2) is 14.8 Å². The zero-order chi connectivity index (χ0) is 15.6. The summed E-state index contributed by atoms with van der Waals surface area (Å²) in [6.45, 7) is 6.87. The van der Waals surface area contributed by atoms with Gasteiger partial charge >= 0.3 is 6.09 Å². The molecule has 1 aliphatic heterocycles. The SMILES string of the molecule is CC(C)(C)OC(=O)N1CCC(Nc2ncc(Br)nc2Br)C1. The van der Waals surface area contributed by atoms with Gasteiger partial charge in [-0.1, -0.05) is 0 Å². The van der Waals surface area contributed by atoms with Crippen molar-refractivity contribution in [2.75, 3.05) is 18.4 Å². The van der Waals surface area contributed by atoms with Crippen molar-refractivity contribution in [1.82, 2.24) is 14.9 Å². The molecule has 0 bridgehead atoms. The Balaban J connectivity index is 1.92. The van der Waals surface area contributed by atoms with Crippen LogP contribution in [0.1, 0.15) is 27.2 Å². The van der Waals surface area contributed by atoms with E-state index in [4.69, 9.17) is 4.74 Å². The van der Waals surface area contributed by atoms with Gasteiger partial charge in [-0.2, -0.15) is 0 Å². The number of aromatic nitrogens is 2. The molecule has 21 heavy (non-hydrogen) atoms. The zero-order valence-corrected chi connectivity index (χ0v) is 15.4. The maximum Gasteiger partial charge on any atom is 0.410 e. The Labute approximate surface area is 140 Å². The molecular formula is C13H18Br2N4O2. The summed E-state index contributed by atoms with van der Waals surface area (Å²) >= 11 is 6.63. The van der Waals surface area contributed by atoms with Gasteiger partial charge in [0.05, 0.1) is 6.20 Å². The van der Waals surface area contributed by atoms with E-state index in [0.717, 1.165) is 6.42 Å². The third-order valence-corrected chi connectivity index (χ3v) is 3.82. The molecule has 2 rings (SSSR count). The summed E-state index contributed by atoms with van der Waals surface area (Å²) in [6, 6.07) is 0.143. The van der Waals surface area contributed by atoms with Gasteiger partial charge < -0.3 is 15.0 Å². The first-order valence-corrected chi connectivity index (χ1v) is 8.26. The first kappa shape index (κ1) is 16.5. The number of likely N-dealkylation sites (tertiary alicyclic amines) is 1. The van der Waals surface area contributed by atoms with E-state index in [1.807, 2.05) is 20.8 Å². The first-order chi connectivity index (χ1) is 9.74. The number of anilines is 1. The van der Waals surface area contributed by atoms with Crippen LogP contribution in [0, 0.1) is 0 Å². The number of nitrogens with one attached hydrogen (secondary N) is 1. The Morgan fingerprint density at radius 3 is 2.81 bits per heavy atom. The van der Waals surface area contributed by atoms with Crippen LogP contribution >= 0.6 is 31.9 Å². The van der Waals surface area contributed by atoms with E-state index in [-0.39, 0.29) is 12.1 Å². The smallest absolute Gasteiger partial charge is 0.410 e. The number of carbonyl (C=O) groups excluding carboxylic acids is 1. The van der Waals surface area contributed by atoms with Crippen LogP contribution in [-0.4, -0.2) is 45.7 Å². The summed E-state index contributed by atoms with van der Waals surface area (Å²) < 4.78 is 6.69. The van der Waals surface area contributed by atoms with Gasteiger partial charge in [-0.15, -0.1) is 0 Å². The third kappa shape index (κ3) is 4.81. The molecule has 0 radical (unpaired) electrons. The molecule has 0 aromatic carbocycles. The highest BCUT2D eigenvalue weighted by Gasteiger charge is 2.30. The van der Waals surface area contributed by atoms with Gasteiger partial charge in [-0.3, -0.25) is 0 Å². The van der Waals surface area contributed by atoms with E-state index in [1.54, 1.807) is 11.1 Å². The summed E-state index contributed by atoms with van der Waals surface area (Å²) in [6.07, 6.45) is 2.21. The molecule has 1 N–H and O–H groups in total. The molecular weight excluding hydrogens is 404 g/mol. The molecule has 8 heteroatoms. The van der Waals surface area contributed by atoms with Crippen molar-refractivity contribution in [3.05, 3.63) is 15.4 Å². The minimum absolute atomic E-state index is 0.143. The number of nitrogens with zero attached hydrogens (tertiary/aromatic N) is 3. The second kappa shape index (κ2) is 6.48. The normalized spacial score (nSPS) is 18.7. The quantitative estimate of drug-likeness (QED) is 0.792. The van der Waals surface area contributed by atoms with E-state index >= 15 is 0 Å². The van der Waals surface area contributed by atoms with Crippen molar-refractivity contribution in [3.8, 4) is 0 Å². The lowest BCUT2D eigenvalue weighted by Crippen LogP contribution is -2.36. The van der Waals surface area contributed by atoms with Gasteiger partial charge in [0.1, 0.15) is 14.8 Å². The van der Waals surface area contributed by atoms with E-state index in [2.05, 4.69) is 47.1 Å². The van der Waals surface area contributed by atoms with Crippen LogP contribution < -0.4 is 5.32 Å². The molecule has 2 heterocycles. The van der Waals surface area contributed by atoms with Crippen molar-refractivity contribution >= 4 is 43.8 Å². The Hall–Kier alpha value is -0.890. The van der Waals surface area contributed by atoms with Crippen molar-refractivity contribution in [2.45, 2.75) is 38.8 Å². The lowest BCUT2D eigenvalue weighted by molar-refractivity contribution is 0.0293. The van der Waals surface area contributed by atoms with E-state index < -0.39 is 5.60 Å². The van der Waals surface area contributed by atoms with Crippen LogP contribution in [-0.2, 0) is 4.74 Å².